The molecule has 0 aromatic heterocycles. The van der Waals surface area contributed by atoms with Gasteiger partial charge < -0.3 is 4.74 Å². The van der Waals surface area contributed by atoms with Crippen LogP contribution in [-0.2, 0) is 14.4 Å². The third-order valence-electron chi connectivity index (χ3n) is 3.21. The number of carbonyl (C=O) groups excluding carboxylic acids is 3. The fraction of sp³-hybridized carbons (Fsp3) is 0.250. The van der Waals surface area contributed by atoms with E-state index in [0.29, 0.717) is 15.0 Å². The van der Waals surface area contributed by atoms with Crippen LogP contribution < -0.4 is 15.6 Å². The molecule has 0 unspecified atom stereocenters. The number of thioether (sulfide) groups is 1. The molecule has 0 radical (unpaired) electrons. The number of nitrogens with zero attached hydrogens (tertiary/aromatic N) is 1. The van der Waals surface area contributed by atoms with Gasteiger partial charge in [0.25, 0.3) is 5.91 Å². The van der Waals surface area contributed by atoms with Crippen LogP contribution in [0.15, 0.2) is 29.2 Å². The summed E-state index contributed by atoms with van der Waals surface area (Å²) in [5.41, 5.74) is 5.26. The molecule has 1 fully saturated rings. The quantitative estimate of drug-likeness (QED) is 0.457. The predicted octanol–water partition coefficient (Wildman–Crippen LogP) is 1.45. The van der Waals surface area contributed by atoms with Crippen LogP contribution in [0.5, 0.6) is 5.75 Å². The van der Waals surface area contributed by atoms with Crippen molar-refractivity contribution in [3.63, 3.8) is 0 Å². The van der Waals surface area contributed by atoms with Gasteiger partial charge in [0.2, 0.25) is 11.8 Å². The number of hydrogen-bond donors (Lipinski definition) is 2. The molecule has 1 aromatic carbocycles. The number of methoxy groups -OCH3 is 1. The van der Waals surface area contributed by atoms with Gasteiger partial charge >= 0.3 is 0 Å². The van der Waals surface area contributed by atoms with Crippen LogP contribution in [-0.4, -0.2) is 40.6 Å². The maximum absolute atomic E-state index is 12.5. The molecule has 3 amide bonds. The highest BCUT2D eigenvalue weighted by Gasteiger charge is 2.32. The van der Waals surface area contributed by atoms with Crippen LogP contribution in [0.4, 0.5) is 0 Å². The van der Waals surface area contributed by atoms with E-state index >= 15 is 0 Å². The molecule has 0 spiro atoms. The van der Waals surface area contributed by atoms with Gasteiger partial charge in [0.15, 0.2) is 0 Å². The molecule has 0 saturated carbocycles. The van der Waals surface area contributed by atoms with Gasteiger partial charge in [-0.3, -0.25) is 30.1 Å². The van der Waals surface area contributed by atoms with Gasteiger partial charge in [0.05, 0.1) is 12.0 Å². The smallest absolute Gasteiger partial charge is 0.266 e. The summed E-state index contributed by atoms with van der Waals surface area (Å²) < 4.78 is 5.56. The molecule has 2 rings (SSSR count). The third kappa shape index (κ3) is 5.30. The number of hydrazine groups is 1. The van der Waals surface area contributed by atoms with Gasteiger partial charge in [-0.1, -0.05) is 36.1 Å². The summed E-state index contributed by atoms with van der Waals surface area (Å²) in [4.78, 5) is 36.7. The van der Waals surface area contributed by atoms with Crippen molar-refractivity contribution < 1.29 is 19.1 Å². The summed E-state index contributed by atoms with van der Waals surface area (Å²) in [6, 6.07) is 7.32. The van der Waals surface area contributed by atoms with Gasteiger partial charge in [-0.25, -0.2) is 0 Å². The lowest BCUT2D eigenvalue weighted by molar-refractivity contribution is -0.128. The molecule has 1 heterocycles. The van der Waals surface area contributed by atoms with Crippen LogP contribution in [0.25, 0.3) is 6.08 Å². The highest BCUT2D eigenvalue weighted by atomic mass is 32.2. The Morgan fingerprint density at radius 3 is 2.80 bits per heavy atom. The van der Waals surface area contributed by atoms with E-state index in [0.717, 1.165) is 5.56 Å². The van der Waals surface area contributed by atoms with Crippen molar-refractivity contribution in [2.45, 2.75) is 13.3 Å². The maximum Gasteiger partial charge on any atom is 0.266 e. The molecule has 25 heavy (non-hydrogen) atoms. The van der Waals surface area contributed by atoms with Crippen LogP contribution in [0.1, 0.15) is 18.9 Å². The first kappa shape index (κ1) is 18.9. The minimum Gasteiger partial charge on any atom is -0.497 e. The average Bonchev–Trinajstić information content (AvgIpc) is 2.84. The van der Waals surface area contributed by atoms with E-state index in [2.05, 4.69) is 10.9 Å². The van der Waals surface area contributed by atoms with Crippen LogP contribution >= 0.6 is 24.0 Å². The second kappa shape index (κ2) is 8.63. The first-order chi connectivity index (χ1) is 11.9. The summed E-state index contributed by atoms with van der Waals surface area (Å²) >= 11 is 6.41. The lowest BCUT2D eigenvalue weighted by Gasteiger charge is -2.14. The van der Waals surface area contributed by atoms with Gasteiger partial charge in [0, 0.05) is 19.9 Å². The zero-order valence-electron chi connectivity index (χ0n) is 13.7. The number of hydrogen-bond acceptors (Lipinski definition) is 6. The van der Waals surface area contributed by atoms with Crippen LogP contribution in [0.3, 0.4) is 0 Å². The van der Waals surface area contributed by atoms with Gasteiger partial charge in [-0.2, -0.15) is 0 Å². The molecule has 1 aliphatic rings. The summed E-state index contributed by atoms with van der Waals surface area (Å²) in [6.45, 7) is 1.43. The molecule has 7 nitrogen and oxygen atoms in total. The van der Waals surface area contributed by atoms with Crippen molar-refractivity contribution in [2.24, 2.45) is 0 Å². The van der Waals surface area contributed by atoms with E-state index in [1.807, 2.05) is 24.3 Å². The van der Waals surface area contributed by atoms with Crippen molar-refractivity contribution in [3.05, 3.63) is 34.7 Å². The van der Waals surface area contributed by atoms with Crippen LogP contribution in [0.2, 0.25) is 0 Å². The second-order valence-electron chi connectivity index (χ2n) is 5.09. The fourth-order valence-electron chi connectivity index (χ4n) is 2.01. The lowest BCUT2D eigenvalue weighted by Crippen LogP contribution is -2.42. The molecule has 1 aliphatic heterocycles. The van der Waals surface area contributed by atoms with E-state index in [4.69, 9.17) is 17.0 Å². The molecule has 9 heteroatoms. The summed E-state index contributed by atoms with van der Waals surface area (Å²) in [5.74, 6) is -0.328. The van der Waals surface area contributed by atoms with Gasteiger partial charge in [-0.15, -0.1) is 0 Å². The van der Waals surface area contributed by atoms with Gasteiger partial charge in [0.1, 0.15) is 10.1 Å². The highest BCUT2D eigenvalue weighted by molar-refractivity contribution is 8.26. The summed E-state index contributed by atoms with van der Waals surface area (Å²) in [5, 5.41) is 0. The Morgan fingerprint density at radius 2 is 2.12 bits per heavy atom. The number of benzene rings is 1. The molecular weight excluding hydrogens is 362 g/mol. The number of amides is 3. The first-order valence-electron chi connectivity index (χ1n) is 7.35. The van der Waals surface area contributed by atoms with E-state index in [1.165, 1.54) is 23.6 Å². The van der Waals surface area contributed by atoms with E-state index in [1.54, 1.807) is 13.2 Å². The average molecular weight is 379 g/mol. The van der Waals surface area contributed by atoms with Crippen molar-refractivity contribution in [1.82, 2.24) is 15.8 Å². The van der Waals surface area contributed by atoms with Crippen LogP contribution in [0, 0.1) is 0 Å². The van der Waals surface area contributed by atoms with Crippen molar-refractivity contribution in [1.29, 1.82) is 0 Å². The lowest BCUT2D eigenvalue weighted by atomic mass is 10.2. The van der Waals surface area contributed by atoms with Gasteiger partial charge in [-0.05, 0) is 23.8 Å². The Balaban J connectivity index is 2.00. The SMILES string of the molecule is COc1cccc(/C=C2\SC(=S)N(CCC(=O)NNC(C)=O)C2=O)c1. The normalized spacial score (nSPS) is 15.4. The number of nitrogens with one attached hydrogen (secondary N) is 2. The fourth-order valence-corrected chi connectivity index (χ4v) is 3.32. The number of carbonyl (C=O) groups is 3. The Kier molecular flexibility index (Phi) is 6.54. The van der Waals surface area contributed by atoms with E-state index in [9.17, 15) is 14.4 Å². The molecule has 132 valence electrons. The van der Waals surface area contributed by atoms with E-state index in [-0.39, 0.29) is 24.8 Å². The zero-order valence-corrected chi connectivity index (χ0v) is 15.3. The Morgan fingerprint density at radius 1 is 1.36 bits per heavy atom. The molecule has 1 aromatic rings. The van der Waals surface area contributed by atoms with Crippen molar-refractivity contribution in [2.75, 3.05) is 13.7 Å². The molecule has 0 atom stereocenters. The molecule has 1 saturated heterocycles. The topological polar surface area (TPSA) is 87.7 Å². The Hall–Kier alpha value is -2.39. The minimum absolute atomic E-state index is 0.0269. The molecule has 0 aliphatic carbocycles. The number of rotatable bonds is 5. The highest BCUT2D eigenvalue weighted by Crippen LogP contribution is 2.32. The number of ether oxygens (including phenoxy) is 1. The summed E-state index contributed by atoms with van der Waals surface area (Å²) in [6.07, 6.45) is 1.76. The standard InChI is InChI=1S/C16H17N3O4S2/c1-10(20)17-18-14(21)6-7-19-15(22)13(25-16(19)24)9-11-4-3-5-12(8-11)23-2/h3-5,8-9H,6-7H2,1-2H3,(H,17,20)(H,18,21)/b13-9-. The predicted molar refractivity (Wildman–Crippen MR) is 99.4 cm³/mol. The second-order valence-corrected chi connectivity index (χ2v) is 6.77. The largest absolute Gasteiger partial charge is 0.497 e. The Bertz CT molecular complexity index is 749. The Labute approximate surface area is 154 Å². The first-order valence-corrected chi connectivity index (χ1v) is 8.58. The summed E-state index contributed by atoms with van der Waals surface area (Å²) in [7, 11) is 1.57. The molecule has 0 bridgehead atoms. The molecule has 2 N–H and O–H groups in total. The number of thiocarbonyl (C=S) groups is 1. The monoisotopic (exact) mass is 379 g/mol. The maximum atomic E-state index is 12.5. The van der Waals surface area contributed by atoms with Crippen molar-refractivity contribution in [3.8, 4) is 5.75 Å². The van der Waals surface area contributed by atoms with E-state index < -0.39 is 5.91 Å². The van der Waals surface area contributed by atoms with Crippen molar-refractivity contribution >= 4 is 52.1 Å². The third-order valence-corrected chi connectivity index (χ3v) is 4.58. The molecular formula is C16H17N3O4S2. The zero-order chi connectivity index (χ0) is 18.4. The minimum atomic E-state index is -0.402.